The Morgan fingerprint density at radius 3 is 2.53 bits per heavy atom. The molecule has 7 heteroatoms. The number of carbonyl (C=O) groups is 1. The number of hydrogen-bond acceptors (Lipinski definition) is 5. The van der Waals surface area contributed by atoms with Crippen LogP contribution in [0, 0.1) is 5.92 Å². The summed E-state index contributed by atoms with van der Waals surface area (Å²) in [6.07, 6.45) is 5.50. The monoisotopic (exact) mass is 427 g/mol. The molecule has 0 spiro atoms. The number of fused-ring (bicyclic) bond motifs is 1. The highest BCUT2D eigenvalue weighted by Gasteiger charge is 2.22. The zero-order valence-corrected chi connectivity index (χ0v) is 18.2. The highest BCUT2D eigenvalue weighted by Crippen LogP contribution is 2.29. The summed E-state index contributed by atoms with van der Waals surface area (Å²) in [6, 6.07) is 13.5. The van der Waals surface area contributed by atoms with E-state index < -0.39 is 0 Å². The van der Waals surface area contributed by atoms with Gasteiger partial charge in [0.25, 0.3) is 5.91 Å². The lowest BCUT2D eigenvalue weighted by Crippen LogP contribution is -2.37. The highest BCUT2D eigenvalue weighted by atomic mass is 16.5. The first-order chi connectivity index (χ1) is 15.6. The third-order valence-electron chi connectivity index (χ3n) is 6.12. The predicted octanol–water partition coefficient (Wildman–Crippen LogP) is 4.57. The molecule has 1 amide bonds. The van der Waals surface area contributed by atoms with Crippen LogP contribution in [0.4, 0.5) is 0 Å². The molecule has 7 nitrogen and oxygen atoms in total. The van der Waals surface area contributed by atoms with Crippen molar-refractivity contribution >= 4 is 17.1 Å². The molecule has 1 aliphatic heterocycles. The number of hydrogen-bond donors (Lipinski definition) is 1. The molecular weight excluding hydrogens is 402 g/mol. The number of amides is 1. The second-order valence-corrected chi connectivity index (χ2v) is 8.28. The van der Waals surface area contributed by atoms with E-state index in [2.05, 4.69) is 26.9 Å². The van der Waals surface area contributed by atoms with Gasteiger partial charge in [-0.15, -0.1) is 0 Å². The molecular formula is C25H25N5O2. The van der Waals surface area contributed by atoms with Crippen LogP contribution < -0.4 is 4.74 Å². The normalized spacial score (nSPS) is 14.6. The zero-order chi connectivity index (χ0) is 22.1. The van der Waals surface area contributed by atoms with Crippen LogP contribution in [0.1, 0.15) is 30.1 Å². The number of carbonyl (C=O) groups excluding carboxylic acids is 1. The fourth-order valence-corrected chi connectivity index (χ4v) is 4.10. The molecule has 0 radical (unpaired) electrons. The Hall–Kier alpha value is -3.74. The number of methoxy groups -OCH3 is 1. The SMILES string of the molecule is COc1ccc(-c2ccnc3nc(-c4ccc(C(=O)N5CCC(C)CC5)cn4)[nH]c23)cc1. The largest absolute Gasteiger partial charge is 0.497 e. The van der Waals surface area contributed by atoms with E-state index in [0.29, 0.717) is 28.6 Å². The molecule has 4 aromatic rings. The Balaban J connectivity index is 1.42. The number of piperidine rings is 1. The summed E-state index contributed by atoms with van der Waals surface area (Å²) < 4.78 is 5.26. The lowest BCUT2D eigenvalue weighted by atomic mass is 9.99. The number of aromatic nitrogens is 4. The number of aromatic amines is 1. The molecule has 162 valence electrons. The summed E-state index contributed by atoms with van der Waals surface area (Å²) in [5.74, 6) is 2.16. The maximum Gasteiger partial charge on any atom is 0.255 e. The molecule has 0 aliphatic carbocycles. The van der Waals surface area contributed by atoms with Crippen molar-refractivity contribution in [3.63, 3.8) is 0 Å². The molecule has 0 atom stereocenters. The number of nitrogens with zero attached hydrogens (tertiary/aromatic N) is 4. The van der Waals surface area contributed by atoms with Gasteiger partial charge in [0.2, 0.25) is 0 Å². The van der Waals surface area contributed by atoms with Crippen molar-refractivity contribution in [3.8, 4) is 28.4 Å². The summed E-state index contributed by atoms with van der Waals surface area (Å²) in [6.45, 7) is 3.86. The number of rotatable bonds is 4. The van der Waals surface area contributed by atoms with Gasteiger partial charge in [-0.1, -0.05) is 19.1 Å². The van der Waals surface area contributed by atoms with Crippen LogP contribution in [0.15, 0.2) is 54.9 Å². The molecule has 5 rings (SSSR count). The van der Waals surface area contributed by atoms with Crippen LogP contribution in [0.5, 0.6) is 5.75 Å². The van der Waals surface area contributed by atoms with Crippen molar-refractivity contribution in [3.05, 3.63) is 60.4 Å². The summed E-state index contributed by atoms with van der Waals surface area (Å²) >= 11 is 0. The minimum Gasteiger partial charge on any atom is -0.497 e. The summed E-state index contributed by atoms with van der Waals surface area (Å²) in [5, 5.41) is 0. The number of H-pyrrole nitrogens is 1. The van der Waals surface area contributed by atoms with Crippen LogP contribution in [0.3, 0.4) is 0 Å². The van der Waals surface area contributed by atoms with Gasteiger partial charge in [-0.3, -0.25) is 9.78 Å². The summed E-state index contributed by atoms with van der Waals surface area (Å²) in [4.78, 5) is 31.6. The molecule has 1 saturated heterocycles. The smallest absolute Gasteiger partial charge is 0.255 e. The van der Waals surface area contributed by atoms with Crippen LogP contribution >= 0.6 is 0 Å². The summed E-state index contributed by atoms with van der Waals surface area (Å²) in [5.41, 5.74) is 4.79. The highest BCUT2D eigenvalue weighted by molar-refractivity contribution is 5.94. The van der Waals surface area contributed by atoms with Gasteiger partial charge in [-0.05, 0) is 54.7 Å². The first kappa shape index (κ1) is 20.2. The average Bonchev–Trinajstić information content (AvgIpc) is 3.29. The minimum absolute atomic E-state index is 0.0454. The maximum atomic E-state index is 12.8. The minimum atomic E-state index is 0.0454. The van der Waals surface area contributed by atoms with Crippen LogP contribution in [0.2, 0.25) is 0 Å². The molecule has 1 aliphatic rings. The predicted molar refractivity (Wildman–Crippen MR) is 123 cm³/mol. The number of benzene rings is 1. The van der Waals surface area contributed by atoms with Crippen LogP contribution in [-0.2, 0) is 0 Å². The van der Waals surface area contributed by atoms with Crippen LogP contribution in [0.25, 0.3) is 33.8 Å². The third kappa shape index (κ3) is 3.82. The molecule has 0 saturated carbocycles. The Morgan fingerprint density at radius 2 is 1.84 bits per heavy atom. The first-order valence-corrected chi connectivity index (χ1v) is 10.9. The number of ether oxygens (including phenoxy) is 1. The van der Waals surface area contributed by atoms with E-state index in [0.717, 1.165) is 48.3 Å². The standard InChI is InChI=1S/C25H25N5O2/c1-16-10-13-30(14-11-16)25(31)18-5-8-21(27-15-18)23-28-22-20(9-12-26-24(22)29-23)17-3-6-19(32-2)7-4-17/h3-9,12,15-16H,10-11,13-14H2,1-2H3,(H,26,28,29). The lowest BCUT2D eigenvalue weighted by molar-refractivity contribution is 0.0697. The second kappa shape index (κ2) is 8.42. The van der Waals surface area contributed by atoms with Gasteiger partial charge in [0.1, 0.15) is 11.4 Å². The first-order valence-electron chi connectivity index (χ1n) is 10.9. The zero-order valence-electron chi connectivity index (χ0n) is 18.2. The molecule has 0 unspecified atom stereocenters. The number of nitrogens with one attached hydrogen (secondary N) is 1. The van der Waals surface area contributed by atoms with Crippen molar-refractivity contribution in [1.82, 2.24) is 24.8 Å². The van der Waals surface area contributed by atoms with Crippen LogP contribution in [-0.4, -0.2) is 50.9 Å². The Morgan fingerprint density at radius 1 is 1.06 bits per heavy atom. The van der Waals surface area contributed by atoms with E-state index in [9.17, 15) is 4.79 Å². The second-order valence-electron chi connectivity index (χ2n) is 8.28. The Bertz CT molecular complexity index is 1240. The van der Waals surface area contributed by atoms with E-state index in [4.69, 9.17) is 4.74 Å². The molecule has 32 heavy (non-hydrogen) atoms. The van der Waals surface area contributed by atoms with Crippen molar-refractivity contribution < 1.29 is 9.53 Å². The van der Waals surface area contributed by atoms with Crippen molar-refractivity contribution in [2.75, 3.05) is 20.2 Å². The molecule has 1 fully saturated rings. The van der Waals surface area contributed by atoms with E-state index in [1.807, 2.05) is 47.4 Å². The number of likely N-dealkylation sites (tertiary alicyclic amines) is 1. The lowest BCUT2D eigenvalue weighted by Gasteiger charge is -2.30. The number of imidazole rings is 1. The van der Waals surface area contributed by atoms with E-state index in [1.54, 1.807) is 19.5 Å². The molecule has 3 aromatic heterocycles. The van der Waals surface area contributed by atoms with Crippen molar-refractivity contribution in [1.29, 1.82) is 0 Å². The van der Waals surface area contributed by atoms with Gasteiger partial charge in [-0.25, -0.2) is 9.97 Å². The van der Waals surface area contributed by atoms with E-state index in [-0.39, 0.29) is 5.91 Å². The van der Waals surface area contributed by atoms with Gasteiger partial charge in [0.05, 0.1) is 18.2 Å². The van der Waals surface area contributed by atoms with Gasteiger partial charge in [-0.2, -0.15) is 0 Å². The average molecular weight is 428 g/mol. The molecule has 4 heterocycles. The van der Waals surface area contributed by atoms with Gasteiger partial charge < -0.3 is 14.6 Å². The van der Waals surface area contributed by atoms with E-state index in [1.165, 1.54) is 0 Å². The molecule has 1 N–H and O–H groups in total. The Labute approximate surface area is 186 Å². The van der Waals surface area contributed by atoms with Gasteiger partial charge in [0.15, 0.2) is 11.5 Å². The number of pyridine rings is 2. The van der Waals surface area contributed by atoms with Gasteiger partial charge in [0, 0.05) is 31.0 Å². The topological polar surface area (TPSA) is 84.0 Å². The van der Waals surface area contributed by atoms with Crippen molar-refractivity contribution in [2.45, 2.75) is 19.8 Å². The van der Waals surface area contributed by atoms with Gasteiger partial charge >= 0.3 is 0 Å². The third-order valence-corrected chi connectivity index (χ3v) is 6.12. The van der Waals surface area contributed by atoms with E-state index >= 15 is 0 Å². The van der Waals surface area contributed by atoms with Crippen molar-refractivity contribution in [2.24, 2.45) is 5.92 Å². The maximum absolute atomic E-state index is 12.8. The molecule has 0 bridgehead atoms. The molecule has 1 aromatic carbocycles. The Kier molecular flexibility index (Phi) is 5.31. The fourth-order valence-electron chi connectivity index (χ4n) is 4.10. The quantitative estimate of drug-likeness (QED) is 0.516. The summed E-state index contributed by atoms with van der Waals surface area (Å²) in [7, 11) is 1.65. The fraction of sp³-hybridized carbons (Fsp3) is 0.280.